The van der Waals surface area contributed by atoms with Crippen molar-refractivity contribution in [3.8, 4) is 11.5 Å². The number of esters is 1. The van der Waals surface area contributed by atoms with Gasteiger partial charge in [-0.1, -0.05) is 35.1 Å². The van der Waals surface area contributed by atoms with Crippen LogP contribution in [0.3, 0.4) is 0 Å². The molecule has 2 heterocycles. The van der Waals surface area contributed by atoms with E-state index < -0.39 is 16.9 Å². The van der Waals surface area contributed by atoms with Crippen LogP contribution in [-0.2, 0) is 16.1 Å². The van der Waals surface area contributed by atoms with Gasteiger partial charge in [-0.2, -0.15) is 0 Å². The fraction of sp³-hybridized carbons (Fsp3) is 0.219. The van der Waals surface area contributed by atoms with Gasteiger partial charge >= 0.3 is 5.97 Å². The van der Waals surface area contributed by atoms with Crippen molar-refractivity contribution < 1.29 is 23.9 Å². The van der Waals surface area contributed by atoms with Gasteiger partial charge in [-0.3, -0.25) is 19.5 Å². The average molecular weight is 634 g/mol. The number of allylic oxidation sites excluding steroid dienone is 1. The van der Waals surface area contributed by atoms with Gasteiger partial charge in [0.15, 0.2) is 4.80 Å². The number of nitro benzene ring substituents is 1. The number of halogens is 1. The summed E-state index contributed by atoms with van der Waals surface area (Å²) in [6.45, 7) is 6.16. The number of ether oxygens (including phenoxy) is 3. The van der Waals surface area contributed by atoms with E-state index in [0.717, 1.165) is 5.56 Å². The number of hydrogen-bond acceptors (Lipinski definition) is 9. The Balaban J connectivity index is 1.57. The zero-order valence-corrected chi connectivity index (χ0v) is 25.7. The molecule has 0 aliphatic carbocycles. The Labute approximate surface area is 261 Å². The van der Waals surface area contributed by atoms with E-state index in [4.69, 9.17) is 25.8 Å². The van der Waals surface area contributed by atoms with Gasteiger partial charge in [-0.15, -0.1) is 0 Å². The van der Waals surface area contributed by atoms with Crippen LogP contribution >= 0.6 is 22.9 Å². The van der Waals surface area contributed by atoms with Crippen molar-refractivity contribution >= 4 is 40.7 Å². The predicted octanol–water partition coefficient (Wildman–Crippen LogP) is 5.34. The Morgan fingerprint density at radius 2 is 1.80 bits per heavy atom. The van der Waals surface area contributed by atoms with E-state index in [2.05, 4.69) is 4.99 Å². The Bertz CT molecular complexity index is 1930. The quantitative estimate of drug-likeness (QED) is 0.131. The zero-order valence-electron chi connectivity index (χ0n) is 24.1. The monoisotopic (exact) mass is 633 g/mol. The maximum Gasteiger partial charge on any atom is 0.338 e. The molecule has 1 aromatic heterocycles. The molecular weight excluding hydrogens is 606 g/mol. The molecule has 226 valence electrons. The second-order valence-corrected chi connectivity index (χ2v) is 11.1. The normalized spacial score (nSPS) is 14.5. The number of fused-ring (bicyclic) bond motifs is 1. The van der Waals surface area contributed by atoms with Crippen LogP contribution in [0.5, 0.6) is 11.5 Å². The number of nitro groups is 1. The molecule has 0 N–H and O–H groups in total. The average Bonchev–Trinajstić information content (AvgIpc) is 3.30. The summed E-state index contributed by atoms with van der Waals surface area (Å²) in [5.41, 5.74) is 2.38. The van der Waals surface area contributed by atoms with Gasteiger partial charge in [0.25, 0.3) is 11.2 Å². The highest BCUT2D eigenvalue weighted by atomic mass is 35.5. The number of hydrogen-bond donors (Lipinski definition) is 0. The van der Waals surface area contributed by atoms with E-state index >= 15 is 0 Å². The molecule has 0 radical (unpaired) electrons. The molecule has 3 aromatic carbocycles. The van der Waals surface area contributed by atoms with E-state index in [9.17, 15) is 19.7 Å². The van der Waals surface area contributed by atoms with Crippen LogP contribution in [-0.4, -0.2) is 28.7 Å². The molecule has 0 amide bonds. The molecule has 1 aliphatic rings. The summed E-state index contributed by atoms with van der Waals surface area (Å²) in [6.07, 6.45) is 1.68. The Hall–Kier alpha value is -4.74. The minimum atomic E-state index is -0.764. The molecule has 0 spiro atoms. The first-order valence-electron chi connectivity index (χ1n) is 13.8. The second kappa shape index (κ2) is 13.3. The van der Waals surface area contributed by atoms with Crippen LogP contribution < -0.4 is 24.4 Å². The molecule has 44 heavy (non-hydrogen) atoms. The third-order valence-corrected chi connectivity index (χ3v) is 8.04. The molecule has 5 rings (SSSR count). The van der Waals surface area contributed by atoms with Gasteiger partial charge in [0.2, 0.25) is 0 Å². The van der Waals surface area contributed by atoms with Gasteiger partial charge in [0.05, 0.1) is 40.0 Å². The number of non-ortho nitro benzene ring substituents is 1. The largest absolute Gasteiger partial charge is 0.494 e. The predicted molar refractivity (Wildman–Crippen MR) is 167 cm³/mol. The molecule has 1 atom stereocenters. The van der Waals surface area contributed by atoms with Crippen molar-refractivity contribution in [3.05, 3.63) is 130 Å². The molecule has 1 aliphatic heterocycles. The molecule has 0 saturated heterocycles. The lowest BCUT2D eigenvalue weighted by Gasteiger charge is -2.24. The van der Waals surface area contributed by atoms with Crippen LogP contribution in [0.1, 0.15) is 43.5 Å². The fourth-order valence-corrected chi connectivity index (χ4v) is 6.02. The molecular formula is C32H28ClN3O7S. The molecule has 0 unspecified atom stereocenters. The van der Waals surface area contributed by atoms with Crippen molar-refractivity contribution in [3.63, 3.8) is 0 Å². The number of thiazole rings is 1. The van der Waals surface area contributed by atoms with E-state index in [-0.39, 0.29) is 30.0 Å². The molecule has 10 nitrogen and oxygen atoms in total. The Morgan fingerprint density at radius 3 is 2.45 bits per heavy atom. The molecule has 0 bridgehead atoms. The Kier molecular flexibility index (Phi) is 9.26. The number of nitrogens with zero attached hydrogens (tertiary/aromatic N) is 3. The number of rotatable bonds is 10. The summed E-state index contributed by atoms with van der Waals surface area (Å²) in [7, 11) is 0. The van der Waals surface area contributed by atoms with Crippen LogP contribution in [0, 0.1) is 10.1 Å². The number of aromatic nitrogens is 1. The van der Waals surface area contributed by atoms with Crippen molar-refractivity contribution in [1.82, 2.24) is 4.57 Å². The van der Waals surface area contributed by atoms with Gasteiger partial charge in [-0.25, -0.2) is 9.79 Å². The SMILES string of the molecule is CCOC(=O)C1=C(C)N=c2s/c(=C\c3cc(Cl)ccc3OCc3ccc([N+](=O)[O-])cc3)c(=O)n2[C@@H]1c1ccc(OCC)cc1. The van der Waals surface area contributed by atoms with E-state index in [1.54, 1.807) is 62.4 Å². The summed E-state index contributed by atoms with van der Waals surface area (Å²) in [5.74, 6) is 0.591. The van der Waals surface area contributed by atoms with Crippen LogP contribution in [0.25, 0.3) is 6.08 Å². The Morgan fingerprint density at radius 1 is 1.07 bits per heavy atom. The minimum Gasteiger partial charge on any atom is -0.494 e. The third kappa shape index (κ3) is 6.43. The number of benzene rings is 3. The number of carbonyl (C=O) groups excluding carboxylic acids is 1. The highest BCUT2D eigenvalue weighted by Gasteiger charge is 2.33. The van der Waals surface area contributed by atoms with Crippen LogP contribution in [0.2, 0.25) is 5.02 Å². The van der Waals surface area contributed by atoms with Crippen LogP contribution in [0.15, 0.2) is 87.8 Å². The van der Waals surface area contributed by atoms with Gasteiger partial charge in [-0.05, 0) is 80.4 Å². The summed E-state index contributed by atoms with van der Waals surface area (Å²) in [6, 6.07) is 17.6. The summed E-state index contributed by atoms with van der Waals surface area (Å²) < 4.78 is 18.9. The zero-order chi connectivity index (χ0) is 31.4. The van der Waals surface area contributed by atoms with Gasteiger partial charge in [0, 0.05) is 22.7 Å². The molecule has 0 fully saturated rings. The first kappa shape index (κ1) is 30.7. The van der Waals surface area contributed by atoms with Crippen molar-refractivity contribution in [2.24, 2.45) is 4.99 Å². The van der Waals surface area contributed by atoms with Crippen molar-refractivity contribution in [2.75, 3.05) is 13.2 Å². The molecule has 0 saturated carbocycles. The van der Waals surface area contributed by atoms with Crippen LogP contribution in [0.4, 0.5) is 5.69 Å². The smallest absolute Gasteiger partial charge is 0.338 e. The maximum absolute atomic E-state index is 14.0. The fourth-order valence-electron chi connectivity index (χ4n) is 4.80. The van der Waals surface area contributed by atoms with Crippen molar-refractivity contribution in [2.45, 2.75) is 33.4 Å². The molecule has 4 aromatic rings. The van der Waals surface area contributed by atoms with E-state index in [1.165, 1.54) is 28.0 Å². The van der Waals surface area contributed by atoms with E-state index in [0.29, 0.717) is 49.3 Å². The first-order valence-corrected chi connectivity index (χ1v) is 15.0. The third-order valence-electron chi connectivity index (χ3n) is 6.82. The lowest BCUT2D eigenvalue weighted by atomic mass is 9.96. The standard InChI is InChI=1S/C32H28ClN3O7S/c1-4-41-25-13-8-21(9-14-25)29-28(31(38)42-5-2)19(3)34-32-35(29)30(37)27(44-32)17-22-16-23(33)10-15-26(22)43-18-20-6-11-24(12-7-20)36(39)40/h6-17,29H,4-5,18H2,1-3H3/b27-17-/t29-/m1/s1. The first-order chi connectivity index (χ1) is 21.2. The highest BCUT2D eigenvalue weighted by molar-refractivity contribution is 7.07. The second-order valence-electron chi connectivity index (χ2n) is 9.70. The lowest BCUT2D eigenvalue weighted by Crippen LogP contribution is -2.39. The highest BCUT2D eigenvalue weighted by Crippen LogP contribution is 2.32. The summed E-state index contributed by atoms with van der Waals surface area (Å²) >= 11 is 7.51. The number of carbonyl (C=O) groups is 1. The van der Waals surface area contributed by atoms with E-state index in [1.807, 2.05) is 19.1 Å². The topological polar surface area (TPSA) is 122 Å². The van der Waals surface area contributed by atoms with Gasteiger partial charge < -0.3 is 14.2 Å². The molecule has 12 heteroatoms. The van der Waals surface area contributed by atoms with Crippen molar-refractivity contribution in [1.29, 1.82) is 0 Å². The maximum atomic E-state index is 14.0. The minimum absolute atomic E-state index is 0.0128. The van der Waals surface area contributed by atoms with Gasteiger partial charge in [0.1, 0.15) is 18.1 Å². The lowest BCUT2D eigenvalue weighted by molar-refractivity contribution is -0.384. The summed E-state index contributed by atoms with van der Waals surface area (Å²) in [5, 5.41) is 11.4. The summed E-state index contributed by atoms with van der Waals surface area (Å²) in [4.78, 5) is 42.7.